The van der Waals surface area contributed by atoms with Crippen LogP contribution in [0.3, 0.4) is 0 Å². The van der Waals surface area contributed by atoms with E-state index >= 15 is 0 Å². The van der Waals surface area contributed by atoms with Crippen molar-refractivity contribution in [2.75, 3.05) is 20.3 Å². The van der Waals surface area contributed by atoms with Crippen LogP contribution in [0.25, 0.3) is 0 Å². The summed E-state index contributed by atoms with van der Waals surface area (Å²) in [5.41, 5.74) is 0. The molecule has 2 aliphatic rings. The topological polar surface area (TPSA) is 97.3 Å². The number of benzene rings is 1. The van der Waals surface area contributed by atoms with Gasteiger partial charge in [0.05, 0.1) is 13.2 Å². The van der Waals surface area contributed by atoms with Gasteiger partial charge in [0.15, 0.2) is 0 Å². The molecular weight excluding hydrogens is 326 g/mol. The maximum atomic E-state index is 12.3. The largest absolute Gasteiger partial charge is 0.497 e. The van der Waals surface area contributed by atoms with Crippen molar-refractivity contribution in [1.29, 1.82) is 0 Å². The highest BCUT2D eigenvalue weighted by molar-refractivity contribution is 5.79. The summed E-state index contributed by atoms with van der Waals surface area (Å²) in [6, 6.07) is 6.53. The molecule has 3 N–H and O–H groups in total. The lowest BCUT2D eigenvalue weighted by Crippen LogP contribution is -2.46. The van der Waals surface area contributed by atoms with E-state index in [2.05, 4.69) is 5.32 Å². The van der Waals surface area contributed by atoms with Gasteiger partial charge in [-0.25, -0.2) is 0 Å². The molecule has 1 heterocycles. The Morgan fingerprint density at radius 2 is 1.92 bits per heavy atom. The van der Waals surface area contributed by atoms with Crippen molar-refractivity contribution >= 4 is 5.91 Å². The van der Waals surface area contributed by atoms with Gasteiger partial charge in [-0.2, -0.15) is 0 Å². The van der Waals surface area contributed by atoms with Crippen LogP contribution in [-0.4, -0.2) is 60.8 Å². The van der Waals surface area contributed by atoms with Gasteiger partial charge < -0.3 is 29.7 Å². The molecule has 1 aliphatic carbocycles. The fourth-order valence-corrected chi connectivity index (χ4v) is 3.36. The SMILES string of the molecule is COc1cccc(O[C@@H]2C[C@@H](NC(=O)C3CCOCC3)[C@H](O)[C@H]2O)c1. The summed E-state index contributed by atoms with van der Waals surface area (Å²) < 4.78 is 16.2. The highest BCUT2D eigenvalue weighted by atomic mass is 16.5. The second-order valence-corrected chi connectivity index (χ2v) is 6.55. The molecule has 0 unspecified atom stereocenters. The zero-order chi connectivity index (χ0) is 17.8. The predicted octanol–water partition coefficient (Wildman–Crippen LogP) is 0.479. The van der Waals surface area contributed by atoms with Gasteiger partial charge in [-0.1, -0.05) is 6.07 Å². The lowest BCUT2D eigenvalue weighted by atomic mass is 9.99. The molecule has 1 aromatic rings. The third kappa shape index (κ3) is 4.23. The number of carbonyl (C=O) groups excluding carboxylic acids is 1. The van der Waals surface area contributed by atoms with Crippen molar-refractivity contribution in [2.24, 2.45) is 5.92 Å². The van der Waals surface area contributed by atoms with Gasteiger partial charge in [0.2, 0.25) is 5.91 Å². The van der Waals surface area contributed by atoms with Gasteiger partial charge in [-0.15, -0.1) is 0 Å². The highest BCUT2D eigenvalue weighted by Gasteiger charge is 2.44. The van der Waals surface area contributed by atoms with Gasteiger partial charge in [-0.05, 0) is 25.0 Å². The molecule has 25 heavy (non-hydrogen) atoms. The molecule has 4 atom stereocenters. The first-order chi connectivity index (χ1) is 12.1. The normalized spacial score (nSPS) is 30.0. The fourth-order valence-electron chi connectivity index (χ4n) is 3.36. The van der Waals surface area contributed by atoms with Crippen molar-refractivity contribution in [3.8, 4) is 11.5 Å². The van der Waals surface area contributed by atoms with E-state index in [0.29, 0.717) is 44.0 Å². The minimum atomic E-state index is -1.06. The first kappa shape index (κ1) is 18.0. The predicted molar refractivity (Wildman–Crippen MR) is 89.5 cm³/mol. The summed E-state index contributed by atoms with van der Waals surface area (Å²) in [5.74, 6) is 1.000. The first-order valence-electron chi connectivity index (χ1n) is 8.63. The fraction of sp³-hybridized carbons (Fsp3) is 0.611. The summed E-state index contributed by atoms with van der Waals surface area (Å²) in [6.45, 7) is 1.16. The van der Waals surface area contributed by atoms with Crippen molar-refractivity contribution in [3.05, 3.63) is 24.3 Å². The van der Waals surface area contributed by atoms with Crippen LogP contribution in [0.4, 0.5) is 0 Å². The zero-order valence-corrected chi connectivity index (χ0v) is 14.3. The Morgan fingerprint density at radius 3 is 2.64 bits per heavy atom. The van der Waals surface area contributed by atoms with Crippen LogP contribution in [0.1, 0.15) is 19.3 Å². The Hall–Kier alpha value is -1.83. The maximum Gasteiger partial charge on any atom is 0.223 e. The molecule has 7 nitrogen and oxygen atoms in total. The smallest absolute Gasteiger partial charge is 0.223 e. The number of ether oxygens (including phenoxy) is 3. The third-order valence-electron chi connectivity index (χ3n) is 4.88. The lowest BCUT2D eigenvalue weighted by molar-refractivity contribution is -0.129. The Kier molecular flexibility index (Phi) is 5.78. The molecule has 1 amide bonds. The molecule has 1 saturated heterocycles. The van der Waals surface area contributed by atoms with E-state index in [4.69, 9.17) is 14.2 Å². The van der Waals surface area contributed by atoms with E-state index in [1.165, 1.54) is 0 Å². The van der Waals surface area contributed by atoms with Gasteiger partial charge >= 0.3 is 0 Å². The highest BCUT2D eigenvalue weighted by Crippen LogP contribution is 2.28. The molecule has 0 radical (unpaired) electrons. The minimum Gasteiger partial charge on any atom is -0.497 e. The Bertz CT molecular complexity index is 589. The second-order valence-electron chi connectivity index (χ2n) is 6.55. The molecule has 1 aliphatic heterocycles. The number of aliphatic hydroxyl groups is 2. The van der Waals surface area contributed by atoms with E-state index in [1.807, 2.05) is 0 Å². The van der Waals surface area contributed by atoms with Crippen molar-refractivity contribution < 1.29 is 29.2 Å². The van der Waals surface area contributed by atoms with Crippen molar-refractivity contribution in [3.63, 3.8) is 0 Å². The van der Waals surface area contributed by atoms with Crippen LogP contribution in [0, 0.1) is 5.92 Å². The summed E-state index contributed by atoms with van der Waals surface area (Å²) >= 11 is 0. The van der Waals surface area contributed by atoms with E-state index in [0.717, 1.165) is 0 Å². The number of hydrogen-bond acceptors (Lipinski definition) is 6. The maximum absolute atomic E-state index is 12.3. The minimum absolute atomic E-state index is 0.0958. The monoisotopic (exact) mass is 351 g/mol. The van der Waals surface area contributed by atoms with Gasteiger partial charge in [0.1, 0.15) is 29.8 Å². The molecule has 1 aromatic carbocycles. The van der Waals surface area contributed by atoms with Crippen molar-refractivity contribution in [1.82, 2.24) is 5.32 Å². The van der Waals surface area contributed by atoms with E-state index in [1.54, 1.807) is 31.4 Å². The summed E-state index contributed by atoms with van der Waals surface area (Å²) in [4.78, 5) is 12.3. The van der Waals surface area contributed by atoms with Crippen LogP contribution < -0.4 is 14.8 Å². The van der Waals surface area contributed by atoms with Gasteiger partial charge in [0.25, 0.3) is 0 Å². The summed E-state index contributed by atoms with van der Waals surface area (Å²) in [7, 11) is 1.56. The number of hydrogen-bond donors (Lipinski definition) is 3. The summed E-state index contributed by atoms with van der Waals surface area (Å²) in [5, 5.41) is 23.4. The molecule has 138 valence electrons. The van der Waals surface area contributed by atoms with Crippen LogP contribution in [0.5, 0.6) is 11.5 Å². The van der Waals surface area contributed by atoms with E-state index < -0.39 is 24.4 Å². The van der Waals surface area contributed by atoms with Crippen LogP contribution >= 0.6 is 0 Å². The van der Waals surface area contributed by atoms with E-state index in [9.17, 15) is 15.0 Å². The molecule has 3 rings (SSSR count). The Morgan fingerprint density at radius 1 is 1.20 bits per heavy atom. The number of amides is 1. The molecule has 2 fully saturated rings. The average molecular weight is 351 g/mol. The Balaban J connectivity index is 1.59. The Labute approximate surface area is 146 Å². The van der Waals surface area contributed by atoms with Crippen LogP contribution in [-0.2, 0) is 9.53 Å². The molecule has 7 heteroatoms. The number of aliphatic hydroxyl groups excluding tert-OH is 2. The standard InChI is InChI=1S/C18H25NO6/c1-23-12-3-2-4-13(9-12)25-15-10-14(16(20)17(15)21)19-18(22)11-5-7-24-8-6-11/h2-4,9,11,14-17,20-21H,5-8,10H2,1H3,(H,19,22)/t14-,15-,16+,17+/m1/s1. The number of rotatable bonds is 5. The second kappa shape index (κ2) is 8.03. The molecule has 0 spiro atoms. The molecule has 0 bridgehead atoms. The van der Waals surface area contributed by atoms with Crippen molar-refractivity contribution in [2.45, 2.75) is 43.6 Å². The third-order valence-corrected chi connectivity index (χ3v) is 4.88. The van der Waals surface area contributed by atoms with Crippen LogP contribution in [0.15, 0.2) is 24.3 Å². The molecule has 0 aromatic heterocycles. The molecule has 1 saturated carbocycles. The summed E-state index contributed by atoms with van der Waals surface area (Å²) in [6.07, 6.45) is -1.01. The lowest BCUT2D eigenvalue weighted by Gasteiger charge is -2.24. The van der Waals surface area contributed by atoms with Gasteiger partial charge in [-0.3, -0.25) is 4.79 Å². The van der Waals surface area contributed by atoms with Crippen LogP contribution in [0.2, 0.25) is 0 Å². The molecular formula is C18H25NO6. The first-order valence-corrected chi connectivity index (χ1v) is 8.63. The number of carbonyl (C=O) groups is 1. The number of nitrogens with one attached hydrogen (secondary N) is 1. The van der Waals surface area contributed by atoms with Gasteiger partial charge in [0, 0.05) is 31.6 Å². The number of methoxy groups -OCH3 is 1. The quantitative estimate of drug-likeness (QED) is 0.714. The zero-order valence-electron chi connectivity index (χ0n) is 14.3. The van der Waals surface area contributed by atoms with E-state index in [-0.39, 0.29) is 11.8 Å². The average Bonchev–Trinajstić information content (AvgIpc) is 2.90.